The first-order valence-electron chi connectivity index (χ1n) is 9.21. The van der Waals surface area contributed by atoms with E-state index in [-0.39, 0.29) is 11.8 Å². The molecule has 2 aromatic rings. The van der Waals surface area contributed by atoms with E-state index < -0.39 is 0 Å². The number of hydrogen-bond donors (Lipinski definition) is 0. The van der Waals surface area contributed by atoms with Gasteiger partial charge in [0.05, 0.1) is 23.4 Å². The lowest BCUT2D eigenvalue weighted by Gasteiger charge is -2.27. The second-order valence-corrected chi connectivity index (χ2v) is 6.94. The molecule has 2 aliphatic carbocycles. The van der Waals surface area contributed by atoms with Gasteiger partial charge >= 0.3 is 5.97 Å². The molecule has 0 N–H and O–H groups in total. The van der Waals surface area contributed by atoms with Crippen molar-refractivity contribution in [2.45, 2.75) is 52.0 Å². The van der Waals surface area contributed by atoms with Crippen LogP contribution in [0.4, 0.5) is 0 Å². The van der Waals surface area contributed by atoms with Crippen LogP contribution in [0.25, 0.3) is 11.3 Å². The van der Waals surface area contributed by atoms with E-state index in [1.165, 1.54) is 19.3 Å². The van der Waals surface area contributed by atoms with E-state index in [0.29, 0.717) is 29.3 Å². The molecule has 1 heterocycles. The summed E-state index contributed by atoms with van der Waals surface area (Å²) in [5.74, 6) is -0.432. The van der Waals surface area contributed by atoms with Gasteiger partial charge in [-0.3, -0.25) is 4.79 Å². The van der Waals surface area contributed by atoms with Gasteiger partial charge in [0.25, 0.3) is 0 Å². The van der Waals surface area contributed by atoms with Crippen molar-refractivity contribution in [2.24, 2.45) is 0 Å². The van der Waals surface area contributed by atoms with Crippen molar-refractivity contribution in [3.63, 3.8) is 0 Å². The topological polar surface area (TPSA) is 48.3 Å². The summed E-state index contributed by atoms with van der Waals surface area (Å²) >= 11 is 0. The monoisotopic (exact) mass is 337 g/mol. The van der Waals surface area contributed by atoms with E-state index in [1.54, 1.807) is 6.92 Å². The average Bonchev–Trinajstić information content (AvgIpc) is 3.08. The molecule has 0 radical (unpaired) electrons. The molecular formula is C21H23NO3. The summed E-state index contributed by atoms with van der Waals surface area (Å²) < 4.78 is 7.53. The average molecular weight is 337 g/mol. The fourth-order valence-electron chi connectivity index (χ4n) is 4.46. The Labute approximate surface area is 147 Å². The number of ketones is 1. The highest BCUT2D eigenvalue weighted by Crippen LogP contribution is 2.45. The Kier molecular flexibility index (Phi) is 3.98. The SMILES string of the molecule is CCOC(=O)c1c2c(n(C3CCCCC3)c1C)-c1ccccc1C2=O. The zero-order valence-corrected chi connectivity index (χ0v) is 14.8. The molecule has 2 aliphatic rings. The highest BCUT2D eigenvalue weighted by molar-refractivity contribution is 6.25. The van der Waals surface area contributed by atoms with E-state index in [4.69, 9.17) is 4.74 Å². The molecule has 1 aromatic heterocycles. The van der Waals surface area contributed by atoms with Gasteiger partial charge in [0.1, 0.15) is 0 Å². The Hall–Kier alpha value is -2.36. The van der Waals surface area contributed by atoms with Crippen LogP contribution in [0.3, 0.4) is 0 Å². The predicted molar refractivity (Wildman–Crippen MR) is 96.1 cm³/mol. The molecule has 25 heavy (non-hydrogen) atoms. The summed E-state index contributed by atoms with van der Waals surface area (Å²) in [6.07, 6.45) is 5.85. The second-order valence-electron chi connectivity index (χ2n) is 6.94. The molecule has 1 fully saturated rings. The number of fused-ring (bicyclic) bond motifs is 3. The zero-order valence-electron chi connectivity index (χ0n) is 14.8. The number of benzene rings is 1. The Bertz CT molecular complexity index is 856. The Morgan fingerprint density at radius 3 is 2.52 bits per heavy atom. The molecule has 0 saturated heterocycles. The normalized spacial score (nSPS) is 16.6. The minimum Gasteiger partial charge on any atom is -0.462 e. The van der Waals surface area contributed by atoms with Gasteiger partial charge in [-0.25, -0.2) is 4.79 Å². The van der Waals surface area contributed by atoms with Gasteiger partial charge in [-0.2, -0.15) is 0 Å². The molecule has 0 amide bonds. The molecule has 0 aliphatic heterocycles. The molecule has 4 rings (SSSR count). The van der Waals surface area contributed by atoms with Gasteiger partial charge in [0.15, 0.2) is 5.78 Å². The predicted octanol–water partition coefficient (Wildman–Crippen LogP) is 4.69. The minimum atomic E-state index is -0.382. The van der Waals surface area contributed by atoms with E-state index in [9.17, 15) is 9.59 Å². The summed E-state index contributed by atoms with van der Waals surface area (Å²) in [4.78, 5) is 25.7. The maximum Gasteiger partial charge on any atom is 0.340 e. The first kappa shape index (κ1) is 16.1. The lowest BCUT2D eigenvalue weighted by Crippen LogP contribution is -2.16. The van der Waals surface area contributed by atoms with Crippen LogP contribution in [0, 0.1) is 6.92 Å². The molecule has 4 nitrogen and oxygen atoms in total. The van der Waals surface area contributed by atoms with E-state index in [1.807, 2.05) is 31.2 Å². The standard InChI is InChI=1S/C21H23NO3/c1-3-25-21(24)17-13(2)22(14-9-5-4-6-10-14)19-15-11-7-8-12-16(15)20(23)18(17)19/h7-8,11-12,14H,3-6,9-10H2,1-2H3. The highest BCUT2D eigenvalue weighted by atomic mass is 16.5. The van der Waals surface area contributed by atoms with Gasteiger partial charge in [-0.05, 0) is 26.7 Å². The van der Waals surface area contributed by atoms with E-state index in [0.717, 1.165) is 29.8 Å². The summed E-state index contributed by atoms with van der Waals surface area (Å²) in [5.41, 5.74) is 4.45. The maximum absolute atomic E-state index is 13.0. The van der Waals surface area contributed by atoms with Crippen molar-refractivity contribution in [1.82, 2.24) is 4.57 Å². The van der Waals surface area contributed by atoms with Crippen LogP contribution >= 0.6 is 0 Å². The maximum atomic E-state index is 13.0. The lowest BCUT2D eigenvalue weighted by molar-refractivity contribution is 0.0522. The number of carbonyl (C=O) groups is 2. The smallest absolute Gasteiger partial charge is 0.340 e. The third-order valence-electron chi connectivity index (χ3n) is 5.52. The minimum absolute atomic E-state index is 0.0497. The van der Waals surface area contributed by atoms with E-state index in [2.05, 4.69) is 4.57 Å². The Morgan fingerprint density at radius 2 is 1.84 bits per heavy atom. The largest absolute Gasteiger partial charge is 0.462 e. The molecule has 0 unspecified atom stereocenters. The molecule has 1 aromatic carbocycles. The molecule has 1 saturated carbocycles. The first-order valence-corrected chi connectivity index (χ1v) is 9.21. The van der Waals surface area contributed by atoms with Crippen LogP contribution in [0.5, 0.6) is 0 Å². The molecule has 0 spiro atoms. The summed E-state index contributed by atoms with van der Waals surface area (Å²) in [5, 5.41) is 0. The fourth-order valence-corrected chi connectivity index (χ4v) is 4.46. The number of carbonyl (C=O) groups excluding carboxylic acids is 2. The molecule has 4 heteroatoms. The van der Waals surface area contributed by atoms with Crippen molar-refractivity contribution in [3.05, 3.63) is 46.6 Å². The van der Waals surface area contributed by atoms with Gasteiger partial charge in [0, 0.05) is 22.9 Å². The highest BCUT2D eigenvalue weighted by Gasteiger charge is 2.39. The number of aromatic nitrogens is 1. The van der Waals surface area contributed by atoms with E-state index >= 15 is 0 Å². The summed E-state index contributed by atoms with van der Waals surface area (Å²) in [6, 6.07) is 8.04. The summed E-state index contributed by atoms with van der Waals surface area (Å²) in [6.45, 7) is 4.06. The molecule has 130 valence electrons. The van der Waals surface area contributed by atoms with Crippen LogP contribution in [0.1, 0.15) is 77.0 Å². The number of nitrogens with zero attached hydrogens (tertiary/aromatic N) is 1. The van der Waals surface area contributed by atoms with Gasteiger partial charge < -0.3 is 9.30 Å². The number of rotatable bonds is 3. The third kappa shape index (κ3) is 2.35. The fraction of sp³-hybridized carbons (Fsp3) is 0.429. The molecule has 0 bridgehead atoms. The number of esters is 1. The van der Waals surface area contributed by atoms with Gasteiger partial charge in [0.2, 0.25) is 0 Å². The van der Waals surface area contributed by atoms with Crippen molar-refractivity contribution in [3.8, 4) is 11.3 Å². The second kappa shape index (κ2) is 6.17. The van der Waals surface area contributed by atoms with Crippen molar-refractivity contribution < 1.29 is 14.3 Å². The zero-order chi connectivity index (χ0) is 17.6. The van der Waals surface area contributed by atoms with Crippen molar-refractivity contribution >= 4 is 11.8 Å². The van der Waals surface area contributed by atoms with Gasteiger partial charge in [-0.1, -0.05) is 43.5 Å². The lowest BCUT2D eigenvalue weighted by atomic mass is 9.94. The van der Waals surface area contributed by atoms with Gasteiger partial charge in [-0.15, -0.1) is 0 Å². The molecular weight excluding hydrogens is 314 g/mol. The summed E-state index contributed by atoms with van der Waals surface area (Å²) in [7, 11) is 0. The molecule has 0 atom stereocenters. The van der Waals surface area contributed by atoms with Crippen LogP contribution in [0.15, 0.2) is 24.3 Å². The van der Waals surface area contributed by atoms with Crippen LogP contribution < -0.4 is 0 Å². The number of hydrogen-bond acceptors (Lipinski definition) is 3. The number of ether oxygens (including phenoxy) is 1. The third-order valence-corrected chi connectivity index (χ3v) is 5.52. The van der Waals surface area contributed by atoms with Crippen LogP contribution in [-0.4, -0.2) is 22.9 Å². The quantitative estimate of drug-likeness (QED) is 0.651. The first-order chi connectivity index (χ1) is 12.1. The van der Waals surface area contributed by atoms with Crippen molar-refractivity contribution in [1.29, 1.82) is 0 Å². The van der Waals surface area contributed by atoms with Crippen LogP contribution in [0.2, 0.25) is 0 Å². The van der Waals surface area contributed by atoms with Crippen molar-refractivity contribution in [2.75, 3.05) is 6.61 Å². The van der Waals surface area contributed by atoms with Crippen LogP contribution in [-0.2, 0) is 4.74 Å². The Balaban J connectivity index is 1.97. The Morgan fingerprint density at radius 1 is 1.16 bits per heavy atom.